The van der Waals surface area contributed by atoms with E-state index in [1.165, 1.54) is 0 Å². The van der Waals surface area contributed by atoms with Gasteiger partial charge in [0, 0.05) is 0 Å². The first-order valence-corrected chi connectivity index (χ1v) is 37.9. The van der Waals surface area contributed by atoms with Crippen molar-refractivity contribution in [3.8, 4) is 0 Å². The predicted molar refractivity (Wildman–Crippen MR) is 58.5 cm³/mol. The fraction of sp³-hybridized carbons (Fsp3) is 0. The van der Waals surface area contributed by atoms with E-state index >= 15 is 0 Å². The molecule has 0 saturated heterocycles. The van der Waals surface area contributed by atoms with Crippen LogP contribution in [0.25, 0.3) is 0 Å². The summed E-state index contributed by atoms with van der Waals surface area (Å²) in [5.74, 6) is 0. The Labute approximate surface area is 111 Å². The molecule has 0 radical (unpaired) electrons. The minimum absolute atomic E-state index is 4.39. The molecule has 0 aromatic rings. The van der Waals surface area contributed by atoms with E-state index in [4.69, 9.17) is 94.2 Å². The molecule has 0 fully saturated rings. The molecule has 0 aliphatic heterocycles. The van der Waals surface area contributed by atoms with Crippen molar-refractivity contribution in [1.82, 2.24) is 0 Å². The fourth-order valence-corrected chi connectivity index (χ4v) is 0. The first kappa shape index (κ1) is 18.6. The van der Waals surface area contributed by atoms with Crippen molar-refractivity contribution in [2.75, 3.05) is 0 Å². The van der Waals surface area contributed by atoms with Crippen LogP contribution in [-0.2, 0) is 19.2 Å². The molecule has 0 rings (SSSR count). The van der Waals surface area contributed by atoms with Gasteiger partial charge in [0.05, 0.1) is 0 Å². The summed E-state index contributed by atoms with van der Waals surface area (Å²) in [6, 6.07) is 0. The van der Waals surface area contributed by atoms with Crippen LogP contribution in [-0.4, -0.2) is 0 Å². The van der Waals surface area contributed by atoms with Crippen LogP contribution in [0, 0.1) is 0 Å². The summed E-state index contributed by atoms with van der Waals surface area (Å²) in [5.41, 5.74) is 0. The predicted octanol–water partition coefficient (Wildman–Crippen LogP) is 6.89. The Kier molecular flexibility index (Phi) is 8.21. The van der Waals surface area contributed by atoms with Crippen LogP contribution in [0.2, 0.25) is 0 Å². The van der Waals surface area contributed by atoms with Gasteiger partial charge in [-0.15, -0.1) is 0 Å². The van der Waals surface area contributed by atoms with Crippen molar-refractivity contribution in [3.05, 3.63) is 0 Å². The summed E-state index contributed by atoms with van der Waals surface area (Å²) in [6.45, 7) is 0. The molecular weight excluding hydrogens is 722 g/mol. The van der Waals surface area contributed by atoms with Gasteiger partial charge >= 0.3 is 113 Å². The Balaban J connectivity index is 0. The van der Waals surface area contributed by atoms with Crippen LogP contribution in [0.3, 0.4) is 0 Å². The molecule has 0 N–H and O–H groups in total. The van der Waals surface area contributed by atoms with Crippen molar-refractivity contribution in [1.29, 1.82) is 0 Å². The third kappa shape index (κ3) is 138. The first-order chi connectivity index (χ1) is 4.47. The van der Waals surface area contributed by atoms with Gasteiger partial charge in [0.15, 0.2) is 0 Å². The molecule has 12 heavy (non-hydrogen) atoms. The van der Waals surface area contributed by atoms with Gasteiger partial charge in [-0.3, -0.25) is 0 Å². The second-order valence-corrected chi connectivity index (χ2v) is 85.9. The van der Waals surface area contributed by atoms with Gasteiger partial charge in [0.25, 0.3) is 0 Å². The quantitative estimate of drug-likeness (QED) is 0.256. The maximum atomic E-state index is 5.06. The van der Waals surface area contributed by atoms with E-state index < -0.39 is 19.2 Å². The average Bonchev–Trinajstić information content (AvgIpc) is 1.02. The van der Waals surface area contributed by atoms with Crippen LogP contribution < -0.4 is 0 Å². The monoisotopic (exact) mass is 718 g/mol. The van der Waals surface area contributed by atoms with E-state index in [1.807, 2.05) is 0 Å². The molecule has 0 bridgehead atoms. The molecule has 0 aromatic carbocycles. The molecule has 0 heterocycles. The maximum absolute atomic E-state index is 5.06. The van der Waals surface area contributed by atoms with Gasteiger partial charge in [-0.25, -0.2) is 0 Å². The van der Waals surface area contributed by atoms with Crippen LogP contribution in [0.5, 0.6) is 0 Å². The first-order valence-electron chi connectivity index (χ1n) is 1.54. The van der Waals surface area contributed by atoms with Crippen LogP contribution >= 0.6 is 94.2 Å². The summed E-state index contributed by atoms with van der Waals surface area (Å²) in [7, 11) is 41.8. The summed E-state index contributed by atoms with van der Waals surface area (Å²) in [5, 5.41) is 0. The molecule has 0 spiro atoms. The normalized spacial score (nSPS) is 19.2. The molecule has 0 aromatic heterocycles. The molecule has 0 aliphatic rings. The van der Waals surface area contributed by atoms with Gasteiger partial charge < -0.3 is 0 Å². The van der Waals surface area contributed by atoms with Crippen LogP contribution in [0.4, 0.5) is 0 Å². The second kappa shape index (κ2) is 5.28. The van der Waals surface area contributed by atoms with Gasteiger partial charge in [-0.2, -0.15) is 0 Å². The number of rotatable bonds is 0. The standard InChI is InChI=1S/10ClH.2W/h10*1H;;/q;;;;;;;;;;2*+5/p-10. The van der Waals surface area contributed by atoms with E-state index in [-0.39, 0.29) is 0 Å². The van der Waals surface area contributed by atoms with Crippen molar-refractivity contribution in [2.24, 2.45) is 0 Å². The molecule has 82 valence electrons. The van der Waals surface area contributed by atoms with Gasteiger partial charge in [0.1, 0.15) is 0 Å². The Morgan fingerprint density at radius 2 is 0.333 bits per heavy atom. The van der Waals surface area contributed by atoms with Crippen molar-refractivity contribution in [2.45, 2.75) is 0 Å². The fourth-order valence-electron chi connectivity index (χ4n) is 0. The van der Waals surface area contributed by atoms with Crippen LogP contribution in [0.1, 0.15) is 0 Å². The zero-order valence-electron chi connectivity index (χ0n) is 4.60. The molecule has 12 heteroatoms. The third-order valence-corrected chi connectivity index (χ3v) is 0. The van der Waals surface area contributed by atoms with E-state index in [0.717, 1.165) is 0 Å². The Bertz CT molecular complexity index is 94.2. The zero-order chi connectivity index (χ0) is 10.9. The van der Waals surface area contributed by atoms with E-state index in [9.17, 15) is 0 Å². The average molecular weight is 722 g/mol. The molecule has 0 unspecified atom stereocenters. The van der Waals surface area contributed by atoms with Crippen LogP contribution in [0.15, 0.2) is 0 Å². The summed E-state index contributed by atoms with van der Waals surface area (Å²) in [6.07, 6.45) is 0. The number of hydrogen-bond donors (Lipinski definition) is 0. The molecule has 0 amide bonds. The number of hydrogen-bond acceptors (Lipinski definition) is 0. The third-order valence-electron chi connectivity index (χ3n) is 0. The van der Waals surface area contributed by atoms with Gasteiger partial charge in [0.2, 0.25) is 0 Å². The number of halogens is 10. The Morgan fingerprint density at radius 1 is 0.333 bits per heavy atom. The van der Waals surface area contributed by atoms with E-state index in [0.29, 0.717) is 0 Å². The molecule has 0 saturated carbocycles. The molecule has 0 atom stereocenters. The molecule has 0 nitrogen and oxygen atoms in total. The van der Waals surface area contributed by atoms with Crippen molar-refractivity contribution in [3.63, 3.8) is 0 Å². The minimum atomic E-state index is -4.39. The van der Waals surface area contributed by atoms with E-state index in [1.54, 1.807) is 0 Å². The van der Waals surface area contributed by atoms with E-state index in [2.05, 4.69) is 0 Å². The Morgan fingerprint density at radius 3 is 0.333 bits per heavy atom. The van der Waals surface area contributed by atoms with Crippen molar-refractivity contribution < 1.29 is 19.2 Å². The van der Waals surface area contributed by atoms with Crippen molar-refractivity contribution >= 4 is 94.2 Å². The van der Waals surface area contributed by atoms with Gasteiger partial charge in [-0.1, -0.05) is 0 Å². The summed E-state index contributed by atoms with van der Waals surface area (Å²) >= 11 is 0. The topological polar surface area (TPSA) is 0 Å². The SMILES string of the molecule is [Cl][W]([Cl])([Cl])([Cl])[Cl].[Cl][W]([Cl])([Cl])([Cl])[Cl]. The zero-order valence-corrected chi connectivity index (χ0v) is 18.0. The molecular formula is Cl10W2. The summed E-state index contributed by atoms with van der Waals surface area (Å²) < 4.78 is 0. The molecule has 0 aliphatic carbocycles. The summed E-state index contributed by atoms with van der Waals surface area (Å²) in [4.78, 5) is 0. The van der Waals surface area contributed by atoms with Gasteiger partial charge in [-0.05, 0) is 0 Å². The Hall–Kier alpha value is 4.28. The second-order valence-electron chi connectivity index (χ2n) is 1.17.